The van der Waals surface area contributed by atoms with E-state index in [1.54, 1.807) is 25.1 Å². The van der Waals surface area contributed by atoms with Gasteiger partial charge in [0.05, 0.1) is 0 Å². The van der Waals surface area contributed by atoms with Gasteiger partial charge in [0.25, 0.3) is 5.91 Å². The van der Waals surface area contributed by atoms with E-state index < -0.39 is 0 Å². The average molecular weight is 317 g/mol. The first-order valence-corrected chi connectivity index (χ1v) is 7.99. The van der Waals surface area contributed by atoms with Crippen LogP contribution in [0.1, 0.15) is 36.7 Å². The Bertz CT molecular complexity index is 609. The molecule has 1 aromatic heterocycles. The summed E-state index contributed by atoms with van der Waals surface area (Å²) in [6, 6.07) is 4.07. The number of hydrogen-bond donors (Lipinski definition) is 0. The lowest BCUT2D eigenvalue weighted by molar-refractivity contribution is -0.125. The number of aromatic nitrogens is 1. The van der Waals surface area contributed by atoms with Crippen LogP contribution in [0.25, 0.3) is 6.08 Å². The number of methoxy groups -OCH3 is 1. The molecule has 0 fully saturated rings. The first-order chi connectivity index (χ1) is 11.0. The summed E-state index contributed by atoms with van der Waals surface area (Å²) in [4.78, 5) is 14.0. The van der Waals surface area contributed by atoms with Gasteiger partial charge < -0.3 is 14.2 Å². The summed E-state index contributed by atoms with van der Waals surface area (Å²) in [6.45, 7) is 8.31. The predicted octanol–water partition coefficient (Wildman–Crippen LogP) is 2.92. The van der Waals surface area contributed by atoms with Crippen LogP contribution in [-0.2, 0) is 16.1 Å². The molecule has 0 aliphatic carbocycles. The monoisotopic (exact) mass is 317 g/mol. The minimum absolute atomic E-state index is 0.168. The van der Waals surface area contributed by atoms with E-state index in [4.69, 9.17) is 4.74 Å². The van der Waals surface area contributed by atoms with Crippen LogP contribution in [0.4, 0.5) is 0 Å². The molecule has 0 N–H and O–H groups in total. The van der Waals surface area contributed by atoms with Crippen molar-refractivity contribution in [3.63, 3.8) is 0 Å². The number of rotatable bonds is 8. The molecule has 0 aromatic carbocycles. The van der Waals surface area contributed by atoms with E-state index in [-0.39, 0.29) is 11.5 Å². The summed E-state index contributed by atoms with van der Waals surface area (Å²) in [6.07, 6.45) is 3.50. The Labute approximate surface area is 139 Å². The third-order valence-corrected chi connectivity index (χ3v) is 3.90. The first kappa shape index (κ1) is 19.0. The maximum Gasteiger partial charge on any atom is 0.264 e. The van der Waals surface area contributed by atoms with Gasteiger partial charge in [0.2, 0.25) is 0 Å². The molecule has 0 aliphatic rings. The fraction of sp³-hybridized carbons (Fsp3) is 0.556. The third kappa shape index (κ3) is 4.97. The Morgan fingerprint density at radius 1 is 1.48 bits per heavy atom. The average Bonchev–Trinajstić information content (AvgIpc) is 2.79. The van der Waals surface area contributed by atoms with E-state index in [1.807, 2.05) is 26.0 Å². The van der Waals surface area contributed by atoms with Crippen LogP contribution in [-0.4, -0.2) is 42.7 Å². The molecule has 0 saturated heterocycles. The van der Waals surface area contributed by atoms with Crippen LogP contribution in [0.2, 0.25) is 0 Å². The van der Waals surface area contributed by atoms with Gasteiger partial charge in [-0.2, -0.15) is 5.26 Å². The molecule has 5 heteroatoms. The van der Waals surface area contributed by atoms with E-state index in [9.17, 15) is 10.1 Å². The summed E-state index contributed by atoms with van der Waals surface area (Å²) >= 11 is 0. The summed E-state index contributed by atoms with van der Waals surface area (Å²) < 4.78 is 7.20. The maximum atomic E-state index is 12.4. The van der Waals surface area contributed by atoms with Crippen molar-refractivity contribution in [3.8, 4) is 6.07 Å². The number of aryl methyl sites for hydroxylation is 1. The van der Waals surface area contributed by atoms with Gasteiger partial charge in [-0.3, -0.25) is 4.79 Å². The zero-order valence-electron chi connectivity index (χ0n) is 14.8. The lowest BCUT2D eigenvalue weighted by Crippen LogP contribution is -2.29. The van der Waals surface area contributed by atoms with Crippen molar-refractivity contribution < 1.29 is 9.53 Å². The highest BCUT2D eigenvalue weighted by atomic mass is 16.5. The number of amides is 1. The minimum Gasteiger partial charge on any atom is -0.385 e. The summed E-state index contributed by atoms with van der Waals surface area (Å²) in [5.41, 5.74) is 3.34. The van der Waals surface area contributed by atoms with Gasteiger partial charge in [0, 0.05) is 45.2 Å². The highest BCUT2D eigenvalue weighted by Crippen LogP contribution is 2.19. The van der Waals surface area contributed by atoms with Gasteiger partial charge in [-0.25, -0.2) is 0 Å². The van der Waals surface area contributed by atoms with Crippen LogP contribution in [0.15, 0.2) is 11.6 Å². The van der Waals surface area contributed by atoms with Crippen molar-refractivity contribution >= 4 is 12.0 Å². The van der Waals surface area contributed by atoms with Crippen molar-refractivity contribution in [3.05, 3.63) is 28.6 Å². The van der Waals surface area contributed by atoms with E-state index >= 15 is 0 Å². The van der Waals surface area contributed by atoms with E-state index in [2.05, 4.69) is 11.5 Å². The smallest absolute Gasteiger partial charge is 0.264 e. The normalized spacial score (nSPS) is 11.4. The van der Waals surface area contributed by atoms with Crippen molar-refractivity contribution in [1.29, 1.82) is 5.26 Å². The van der Waals surface area contributed by atoms with Crippen molar-refractivity contribution in [1.82, 2.24) is 9.47 Å². The van der Waals surface area contributed by atoms with Gasteiger partial charge in [-0.05, 0) is 44.4 Å². The van der Waals surface area contributed by atoms with Crippen molar-refractivity contribution in [2.75, 3.05) is 27.3 Å². The standard InChI is InChI=1S/C18H27N3O2/c1-6-8-21-14(2)11-16(15(21)3)12-17(13-19)18(22)20(4)9-7-10-23-5/h11-12H,6-10H2,1-5H3/b17-12+. The first-order valence-electron chi connectivity index (χ1n) is 7.99. The predicted molar refractivity (Wildman–Crippen MR) is 91.9 cm³/mol. The Hall–Kier alpha value is -2.06. The molecule has 0 saturated carbocycles. The molecule has 0 unspecified atom stereocenters. The summed E-state index contributed by atoms with van der Waals surface area (Å²) in [5, 5.41) is 9.35. The van der Waals surface area contributed by atoms with E-state index in [0.29, 0.717) is 13.2 Å². The number of nitrogens with zero attached hydrogens (tertiary/aromatic N) is 3. The summed E-state index contributed by atoms with van der Waals surface area (Å²) in [7, 11) is 3.35. The number of carbonyl (C=O) groups excluding carboxylic acids is 1. The van der Waals surface area contributed by atoms with Crippen LogP contribution in [0, 0.1) is 25.2 Å². The topological polar surface area (TPSA) is 58.3 Å². The molecule has 1 aromatic rings. The molecular weight excluding hydrogens is 290 g/mol. The fourth-order valence-corrected chi connectivity index (χ4v) is 2.59. The third-order valence-electron chi connectivity index (χ3n) is 3.90. The van der Waals surface area contributed by atoms with Gasteiger partial charge in [0.15, 0.2) is 0 Å². The van der Waals surface area contributed by atoms with Crippen LogP contribution in [0.3, 0.4) is 0 Å². The Kier molecular flexibility index (Phi) is 7.56. The Balaban J connectivity index is 2.97. The summed E-state index contributed by atoms with van der Waals surface area (Å²) in [5.74, 6) is -0.246. The second-order valence-corrected chi connectivity index (χ2v) is 5.72. The van der Waals surface area contributed by atoms with Gasteiger partial charge in [-0.15, -0.1) is 0 Å². The highest BCUT2D eigenvalue weighted by Gasteiger charge is 2.16. The molecule has 0 radical (unpaired) electrons. The van der Waals surface area contributed by atoms with Gasteiger partial charge in [-0.1, -0.05) is 6.92 Å². The molecule has 1 amide bonds. The molecule has 1 heterocycles. The number of likely N-dealkylation sites (N-methyl/N-ethyl adjacent to an activating group) is 1. The fourth-order valence-electron chi connectivity index (χ4n) is 2.59. The highest BCUT2D eigenvalue weighted by molar-refractivity contribution is 6.01. The van der Waals surface area contributed by atoms with Crippen LogP contribution in [0.5, 0.6) is 0 Å². The molecule has 0 aliphatic heterocycles. The molecule has 5 nitrogen and oxygen atoms in total. The van der Waals surface area contributed by atoms with Gasteiger partial charge in [0.1, 0.15) is 11.6 Å². The second-order valence-electron chi connectivity index (χ2n) is 5.72. The Morgan fingerprint density at radius 2 is 2.17 bits per heavy atom. The number of nitriles is 1. The molecule has 0 spiro atoms. The zero-order valence-corrected chi connectivity index (χ0v) is 14.8. The van der Waals surface area contributed by atoms with Crippen molar-refractivity contribution in [2.24, 2.45) is 0 Å². The SMILES string of the molecule is CCCn1c(C)cc(/C=C(\C#N)C(=O)N(C)CCCOC)c1C. The number of ether oxygens (including phenoxy) is 1. The molecule has 23 heavy (non-hydrogen) atoms. The lowest BCUT2D eigenvalue weighted by atomic mass is 10.1. The maximum absolute atomic E-state index is 12.4. The van der Waals surface area contributed by atoms with Crippen molar-refractivity contribution in [2.45, 2.75) is 40.2 Å². The van der Waals surface area contributed by atoms with Crippen LogP contribution >= 0.6 is 0 Å². The second kappa shape index (κ2) is 9.16. The van der Waals surface area contributed by atoms with Crippen LogP contribution < -0.4 is 0 Å². The van der Waals surface area contributed by atoms with E-state index in [1.165, 1.54) is 0 Å². The molecule has 1 rings (SSSR count). The molecule has 0 bridgehead atoms. The lowest BCUT2D eigenvalue weighted by Gasteiger charge is -2.16. The Morgan fingerprint density at radius 3 is 2.74 bits per heavy atom. The number of hydrogen-bond acceptors (Lipinski definition) is 3. The van der Waals surface area contributed by atoms with Gasteiger partial charge >= 0.3 is 0 Å². The zero-order chi connectivity index (χ0) is 17.4. The molecular formula is C18H27N3O2. The largest absolute Gasteiger partial charge is 0.385 e. The number of carbonyl (C=O) groups is 1. The quantitative estimate of drug-likeness (QED) is 0.421. The molecule has 126 valence electrons. The van der Waals surface area contributed by atoms with E-state index in [0.717, 1.165) is 36.3 Å². The minimum atomic E-state index is -0.246. The molecule has 0 atom stereocenters.